The van der Waals surface area contributed by atoms with Crippen molar-refractivity contribution in [2.24, 2.45) is 11.8 Å². The maximum absolute atomic E-state index is 12.6. The average molecular weight is 307 g/mol. The van der Waals surface area contributed by atoms with Crippen molar-refractivity contribution in [3.05, 3.63) is 0 Å². The molecule has 2 rings (SSSR count). The fourth-order valence-electron chi connectivity index (χ4n) is 3.35. The van der Waals surface area contributed by atoms with Gasteiger partial charge in [-0.3, -0.25) is 4.79 Å². The quantitative estimate of drug-likeness (QED) is 0.853. The molecule has 0 aromatic rings. The molecule has 4 nitrogen and oxygen atoms in total. The Morgan fingerprint density at radius 2 is 1.62 bits per heavy atom. The van der Waals surface area contributed by atoms with Crippen LogP contribution in [0.25, 0.3) is 0 Å². The zero-order valence-electron chi connectivity index (χ0n) is 11.7. The lowest BCUT2D eigenvalue weighted by Crippen LogP contribution is -2.50. The van der Waals surface area contributed by atoms with Crippen LogP contribution in [0.15, 0.2) is 0 Å². The van der Waals surface area contributed by atoms with Crippen LogP contribution in [0.3, 0.4) is 0 Å². The summed E-state index contributed by atoms with van der Waals surface area (Å²) >= 11 is 0. The second-order valence-corrected chi connectivity index (χ2v) is 5.97. The average Bonchev–Trinajstić information content (AvgIpc) is 2.45. The number of carboxylic acids is 1. The second-order valence-electron chi connectivity index (χ2n) is 5.97. The molecule has 0 spiro atoms. The van der Waals surface area contributed by atoms with Crippen molar-refractivity contribution in [1.82, 2.24) is 4.90 Å². The van der Waals surface area contributed by atoms with Gasteiger partial charge in [-0.25, -0.2) is 4.79 Å². The Bertz CT molecular complexity index is 403. The number of rotatable bonds is 2. The Morgan fingerprint density at radius 3 is 2.14 bits per heavy atom. The van der Waals surface area contributed by atoms with Crippen LogP contribution in [0.1, 0.15) is 44.9 Å². The van der Waals surface area contributed by atoms with E-state index >= 15 is 0 Å². The van der Waals surface area contributed by atoms with Gasteiger partial charge in [-0.1, -0.05) is 0 Å². The minimum Gasteiger partial charge on any atom is -0.480 e. The van der Waals surface area contributed by atoms with Gasteiger partial charge in [0.05, 0.1) is 5.92 Å². The number of hydrogen-bond acceptors (Lipinski definition) is 2. The first-order valence-electron chi connectivity index (χ1n) is 7.40. The molecule has 0 aromatic carbocycles. The lowest BCUT2D eigenvalue weighted by molar-refractivity contribution is -0.185. The summed E-state index contributed by atoms with van der Waals surface area (Å²) in [5, 5.41) is 9.16. The molecule has 2 fully saturated rings. The molecule has 1 amide bonds. The van der Waals surface area contributed by atoms with Crippen molar-refractivity contribution >= 4 is 11.9 Å². The Balaban J connectivity index is 1.96. The van der Waals surface area contributed by atoms with Crippen molar-refractivity contribution in [3.8, 4) is 0 Å². The van der Waals surface area contributed by atoms with E-state index in [1.54, 1.807) is 0 Å². The fraction of sp³-hybridized carbons (Fsp3) is 0.857. The van der Waals surface area contributed by atoms with Crippen LogP contribution in [0, 0.1) is 11.8 Å². The summed E-state index contributed by atoms with van der Waals surface area (Å²) in [5.74, 6) is -3.07. The normalized spacial score (nSPS) is 31.0. The van der Waals surface area contributed by atoms with Crippen molar-refractivity contribution in [1.29, 1.82) is 0 Å². The van der Waals surface area contributed by atoms with Crippen LogP contribution >= 0.6 is 0 Å². The summed E-state index contributed by atoms with van der Waals surface area (Å²) in [6, 6.07) is -0.813. The van der Waals surface area contributed by atoms with Crippen molar-refractivity contribution in [2.45, 2.75) is 57.2 Å². The molecule has 0 radical (unpaired) electrons. The van der Waals surface area contributed by atoms with Gasteiger partial charge in [-0.15, -0.1) is 0 Å². The first-order valence-corrected chi connectivity index (χ1v) is 7.40. The summed E-state index contributed by atoms with van der Waals surface area (Å²) < 4.78 is 37.9. The summed E-state index contributed by atoms with van der Waals surface area (Å²) in [7, 11) is 0. The molecule has 1 saturated heterocycles. The lowest BCUT2D eigenvalue weighted by Gasteiger charge is -2.37. The number of carboxylic acid groups (broad SMARTS) is 1. The number of piperidine rings is 1. The molecular weight excluding hydrogens is 287 g/mol. The molecule has 120 valence electrons. The summed E-state index contributed by atoms with van der Waals surface area (Å²) in [4.78, 5) is 25.0. The van der Waals surface area contributed by atoms with E-state index in [9.17, 15) is 22.8 Å². The molecule has 1 atom stereocenters. The first-order chi connectivity index (χ1) is 9.80. The van der Waals surface area contributed by atoms with Gasteiger partial charge >= 0.3 is 12.1 Å². The second kappa shape index (κ2) is 6.23. The van der Waals surface area contributed by atoms with Crippen LogP contribution < -0.4 is 0 Å². The molecule has 1 N–H and O–H groups in total. The topological polar surface area (TPSA) is 57.6 Å². The van der Waals surface area contributed by atoms with Crippen molar-refractivity contribution in [3.63, 3.8) is 0 Å². The van der Waals surface area contributed by atoms with Crippen LogP contribution in [0.4, 0.5) is 13.2 Å². The molecule has 1 heterocycles. The highest BCUT2D eigenvalue weighted by molar-refractivity contribution is 5.85. The van der Waals surface area contributed by atoms with Gasteiger partial charge in [0.15, 0.2) is 0 Å². The smallest absolute Gasteiger partial charge is 0.391 e. The van der Waals surface area contributed by atoms with E-state index in [0.717, 1.165) is 12.8 Å². The van der Waals surface area contributed by atoms with Crippen molar-refractivity contribution < 1.29 is 27.9 Å². The van der Waals surface area contributed by atoms with Gasteiger partial charge < -0.3 is 10.0 Å². The van der Waals surface area contributed by atoms with Gasteiger partial charge in [-0.05, 0) is 44.9 Å². The van der Waals surface area contributed by atoms with Gasteiger partial charge in [-0.2, -0.15) is 13.2 Å². The number of carbonyl (C=O) groups is 2. The highest BCUT2D eigenvalue weighted by Gasteiger charge is 2.44. The van der Waals surface area contributed by atoms with Crippen LogP contribution in [-0.4, -0.2) is 40.6 Å². The number of carbonyl (C=O) groups excluding carboxylic acids is 1. The minimum atomic E-state index is -4.19. The third kappa shape index (κ3) is 3.68. The number of hydrogen-bond donors (Lipinski definition) is 1. The zero-order chi connectivity index (χ0) is 15.6. The number of alkyl halides is 3. The van der Waals surface area contributed by atoms with Gasteiger partial charge in [0, 0.05) is 12.5 Å². The Hall–Kier alpha value is -1.27. The fourth-order valence-corrected chi connectivity index (χ4v) is 3.35. The SMILES string of the molecule is O=C(O)[C@H]1CCCCN1C(=O)C1CCC(C(F)(F)F)CC1. The molecule has 1 aliphatic carbocycles. The minimum absolute atomic E-state index is 0.0362. The number of amides is 1. The van der Waals surface area contributed by atoms with Gasteiger partial charge in [0.25, 0.3) is 0 Å². The molecule has 21 heavy (non-hydrogen) atoms. The van der Waals surface area contributed by atoms with E-state index in [0.29, 0.717) is 13.0 Å². The third-order valence-corrected chi connectivity index (χ3v) is 4.61. The standard InChI is InChI=1S/C14H20F3NO3/c15-14(16,17)10-6-4-9(5-7-10)12(19)18-8-2-1-3-11(18)13(20)21/h9-11H,1-8H2,(H,20,21)/t9?,10?,11-/m1/s1. The molecule has 2 aliphatic rings. The highest BCUT2D eigenvalue weighted by atomic mass is 19.4. The predicted octanol–water partition coefficient (Wildman–Crippen LogP) is 2.82. The Kier molecular flexibility index (Phi) is 4.78. The predicted molar refractivity (Wildman–Crippen MR) is 68.5 cm³/mol. The number of halogens is 3. The third-order valence-electron chi connectivity index (χ3n) is 4.61. The molecule has 1 aliphatic heterocycles. The summed E-state index contributed by atoms with van der Waals surface area (Å²) in [6.07, 6.45) is -1.91. The highest BCUT2D eigenvalue weighted by Crippen LogP contribution is 2.40. The maximum Gasteiger partial charge on any atom is 0.391 e. The van der Waals surface area contributed by atoms with E-state index in [2.05, 4.69) is 0 Å². The lowest BCUT2D eigenvalue weighted by atomic mass is 9.80. The summed E-state index contributed by atoms with van der Waals surface area (Å²) in [5.41, 5.74) is 0. The molecule has 0 bridgehead atoms. The molecule has 7 heteroatoms. The number of likely N-dealkylation sites (tertiary alicyclic amines) is 1. The number of aliphatic carboxylic acids is 1. The Labute approximate surface area is 121 Å². The van der Waals surface area contributed by atoms with Crippen molar-refractivity contribution in [2.75, 3.05) is 6.54 Å². The molecule has 0 unspecified atom stereocenters. The molecular formula is C14H20F3NO3. The summed E-state index contributed by atoms with van der Waals surface area (Å²) in [6.45, 7) is 0.398. The van der Waals surface area contributed by atoms with Crippen LogP contribution in [-0.2, 0) is 9.59 Å². The largest absolute Gasteiger partial charge is 0.480 e. The van der Waals surface area contributed by atoms with Gasteiger partial charge in [0.1, 0.15) is 6.04 Å². The van der Waals surface area contributed by atoms with Crippen LogP contribution in [0.2, 0.25) is 0 Å². The van der Waals surface area contributed by atoms with Crippen LogP contribution in [0.5, 0.6) is 0 Å². The van der Waals surface area contributed by atoms with E-state index in [1.165, 1.54) is 4.90 Å². The monoisotopic (exact) mass is 307 g/mol. The zero-order valence-corrected chi connectivity index (χ0v) is 11.7. The molecule has 0 aromatic heterocycles. The van der Waals surface area contributed by atoms with E-state index < -0.39 is 30.0 Å². The van der Waals surface area contributed by atoms with E-state index in [4.69, 9.17) is 5.11 Å². The maximum atomic E-state index is 12.6. The van der Waals surface area contributed by atoms with E-state index in [1.807, 2.05) is 0 Å². The Morgan fingerprint density at radius 1 is 1.00 bits per heavy atom. The molecule has 1 saturated carbocycles. The number of nitrogens with zero attached hydrogens (tertiary/aromatic N) is 1. The van der Waals surface area contributed by atoms with Gasteiger partial charge in [0.2, 0.25) is 5.91 Å². The first kappa shape index (κ1) is 16.1. The van der Waals surface area contributed by atoms with E-state index in [-0.39, 0.29) is 31.6 Å².